The largest absolute Gasteiger partial charge is 0.366 e. The molecule has 0 aliphatic heterocycles. The standard InChI is InChI=1S/C9H12N2O2/c1-11(13-2)8-6-4-3-5-7(8)9(10)12/h3-6H,1-2H3,(H2,10,12). The summed E-state index contributed by atoms with van der Waals surface area (Å²) in [7, 11) is 3.24. The molecule has 0 aliphatic rings. The van der Waals surface area contributed by atoms with Gasteiger partial charge in [0.1, 0.15) is 0 Å². The van der Waals surface area contributed by atoms with Gasteiger partial charge in [0.25, 0.3) is 5.91 Å². The Hall–Kier alpha value is -1.55. The maximum Gasteiger partial charge on any atom is 0.250 e. The van der Waals surface area contributed by atoms with Crippen molar-refractivity contribution in [3.05, 3.63) is 29.8 Å². The summed E-state index contributed by atoms with van der Waals surface area (Å²) in [4.78, 5) is 15.9. The molecule has 0 saturated carbocycles. The molecule has 2 N–H and O–H groups in total. The summed E-state index contributed by atoms with van der Waals surface area (Å²) < 4.78 is 0. The van der Waals surface area contributed by atoms with Gasteiger partial charge in [-0.2, -0.15) is 0 Å². The highest BCUT2D eigenvalue weighted by Gasteiger charge is 2.09. The summed E-state index contributed by atoms with van der Waals surface area (Å²) in [5.74, 6) is -0.459. The van der Waals surface area contributed by atoms with Crippen molar-refractivity contribution >= 4 is 11.6 Å². The molecule has 70 valence electrons. The van der Waals surface area contributed by atoms with Crippen LogP contribution in [0.5, 0.6) is 0 Å². The maximum atomic E-state index is 11.0. The van der Waals surface area contributed by atoms with E-state index >= 15 is 0 Å². The molecule has 0 spiro atoms. The van der Waals surface area contributed by atoms with E-state index in [1.54, 1.807) is 25.2 Å². The van der Waals surface area contributed by atoms with E-state index in [9.17, 15) is 4.79 Å². The highest BCUT2D eigenvalue weighted by Crippen LogP contribution is 2.17. The lowest BCUT2D eigenvalue weighted by Gasteiger charge is -2.17. The number of carbonyl (C=O) groups excluding carboxylic acids is 1. The average Bonchev–Trinajstić information content (AvgIpc) is 2.16. The minimum Gasteiger partial charge on any atom is -0.366 e. The Balaban J connectivity index is 3.11. The Kier molecular flexibility index (Phi) is 2.87. The molecule has 0 heterocycles. The minimum absolute atomic E-state index is 0.451. The van der Waals surface area contributed by atoms with E-state index in [0.717, 1.165) is 0 Å². The van der Waals surface area contributed by atoms with Gasteiger partial charge < -0.3 is 5.73 Å². The monoisotopic (exact) mass is 180 g/mol. The van der Waals surface area contributed by atoms with Crippen molar-refractivity contribution in [3.63, 3.8) is 0 Å². The minimum atomic E-state index is -0.459. The molecule has 4 nitrogen and oxygen atoms in total. The molecule has 0 atom stereocenters. The molecular weight excluding hydrogens is 168 g/mol. The van der Waals surface area contributed by atoms with Gasteiger partial charge in [-0.15, -0.1) is 0 Å². The van der Waals surface area contributed by atoms with Crippen LogP contribution in [0.15, 0.2) is 24.3 Å². The molecule has 0 radical (unpaired) electrons. The van der Waals surface area contributed by atoms with Crippen LogP contribution in [0.4, 0.5) is 5.69 Å². The average molecular weight is 180 g/mol. The molecule has 0 fully saturated rings. The highest BCUT2D eigenvalue weighted by atomic mass is 16.7. The van der Waals surface area contributed by atoms with E-state index in [4.69, 9.17) is 10.6 Å². The first-order valence-corrected chi connectivity index (χ1v) is 3.83. The third kappa shape index (κ3) is 1.97. The number of rotatable bonds is 3. The first-order chi connectivity index (χ1) is 6.16. The predicted octanol–water partition coefficient (Wildman–Crippen LogP) is 0.783. The molecule has 0 unspecified atom stereocenters. The molecule has 13 heavy (non-hydrogen) atoms. The summed E-state index contributed by atoms with van der Waals surface area (Å²) in [6.45, 7) is 0. The lowest BCUT2D eigenvalue weighted by Crippen LogP contribution is -2.21. The number of amides is 1. The van der Waals surface area contributed by atoms with Crippen LogP contribution < -0.4 is 10.8 Å². The fourth-order valence-electron chi connectivity index (χ4n) is 1.05. The second-order valence-corrected chi connectivity index (χ2v) is 2.56. The van der Waals surface area contributed by atoms with Crippen LogP contribution in [0.1, 0.15) is 10.4 Å². The van der Waals surface area contributed by atoms with Gasteiger partial charge in [0.15, 0.2) is 0 Å². The number of hydrogen-bond acceptors (Lipinski definition) is 3. The van der Waals surface area contributed by atoms with Crippen LogP contribution in [0, 0.1) is 0 Å². The molecule has 1 amide bonds. The Morgan fingerprint density at radius 1 is 1.46 bits per heavy atom. The Bertz CT molecular complexity index is 312. The van der Waals surface area contributed by atoms with Crippen LogP contribution in [0.2, 0.25) is 0 Å². The number of hydrogen-bond donors (Lipinski definition) is 1. The molecule has 1 aromatic carbocycles. The van der Waals surface area contributed by atoms with Crippen molar-refractivity contribution in [2.24, 2.45) is 5.73 Å². The summed E-state index contributed by atoms with van der Waals surface area (Å²) in [6.07, 6.45) is 0. The van der Waals surface area contributed by atoms with Gasteiger partial charge in [0.05, 0.1) is 18.4 Å². The number of hydroxylamine groups is 1. The Labute approximate surface area is 76.9 Å². The van der Waals surface area contributed by atoms with Gasteiger partial charge in [-0.25, -0.2) is 0 Å². The first-order valence-electron chi connectivity index (χ1n) is 3.83. The number of para-hydroxylation sites is 1. The smallest absolute Gasteiger partial charge is 0.250 e. The quantitative estimate of drug-likeness (QED) is 0.699. The third-order valence-electron chi connectivity index (χ3n) is 1.78. The van der Waals surface area contributed by atoms with Gasteiger partial charge in [-0.1, -0.05) is 12.1 Å². The van der Waals surface area contributed by atoms with Crippen molar-refractivity contribution in [1.29, 1.82) is 0 Å². The van der Waals surface area contributed by atoms with E-state index in [1.807, 2.05) is 6.07 Å². The van der Waals surface area contributed by atoms with E-state index < -0.39 is 5.91 Å². The van der Waals surface area contributed by atoms with Gasteiger partial charge in [0, 0.05) is 7.05 Å². The van der Waals surface area contributed by atoms with Gasteiger partial charge in [0.2, 0.25) is 0 Å². The molecule has 1 aromatic rings. The topological polar surface area (TPSA) is 55.6 Å². The normalized spacial score (nSPS) is 9.69. The first kappa shape index (κ1) is 9.54. The summed E-state index contributed by atoms with van der Waals surface area (Å²) >= 11 is 0. The van der Waals surface area contributed by atoms with Crippen LogP contribution in [0.25, 0.3) is 0 Å². The zero-order chi connectivity index (χ0) is 9.84. The second kappa shape index (κ2) is 3.91. The SMILES string of the molecule is CON(C)c1ccccc1C(N)=O. The van der Waals surface area contributed by atoms with E-state index in [1.165, 1.54) is 12.2 Å². The third-order valence-corrected chi connectivity index (χ3v) is 1.78. The lowest BCUT2D eigenvalue weighted by molar-refractivity contribution is 0.0998. The van der Waals surface area contributed by atoms with Crippen LogP contribution in [-0.2, 0) is 4.84 Å². The van der Waals surface area contributed by atoms with E-state index in [-0.39, 0.29) is 0 Å². The zero-order valence-corrected chi connectivity index (χ0v) is 7.65. The van der Waals surface area contributed by atoms with Crippen LogP contribution in [-0.4, -0.2) is 20.1 Å². The van der Waals surface area contributed by atoms with Gasteiger partial charge in [-0.3, -0.25) is 14.7 Å². The predicted molar refractivity (Wildman–Crippen MR) is 50.4 cm³/mol. The molecule has 1 rings (SSSR count). The Morgan fingerprint density at radius 3 is 2.62 bits per heavy atom. The number of primary amides is 1. The maximum absolute atomic E-state index is 11.0. The number of carbonyl (C=O) groups is 1. The van der Waals surface area contributed by atoms with Crippen molar-refractivity contribution in [1.82, 2.24) is 0 Å². The van der Waals surface area contributed by atoms with Crippen LogP contribution in [0.3, 0.4) is 0 Å². The Morgan fingerprint density at radius 2 is 2.08 bits per heavy atom. The molecular formula is C9H12N2O2. The lowest BCUT2D eigenvalue weighted by atomic mass is 10.1. The van der Waals surface area contributed by atoms with Crippen molar-refractivity contribution in [2.75, 3.05) is 19.2 Å². The van der Waals surface area contributed by atoms with E-state index in [2.05, 4.69) is 0 Å². The number of nitrogens with two attached hydrogens (primary N) is 1. The van der Waals surface area contributed by atoms with Gasteiger partial charge >= 0.3 is 0 Å². The van der Waals surface area contributed by atoms with E-state index in [0.29, 0.717) is 11.3 Å². The molecule has 0 aliphatic carbocycles. The summed E-state index contributed by atoms with van der Waals surface area (Å²) in [5, 5.41) is 1.49. The summed E-state index contributed by atoms with van der Waals surface area (Å²) in [6, 6.07) is 7.00. The summed E-state index contributed by atoms with van der Waals surface area (Å²) in [5.41, 5.74) is 6.30. The fraction of sp³-hybridized carbons (Fsp3) is 0.222. The highest BCUT2D eigenvalue weighted by molar-refractivity contribution is 5.98. The molecule has 4 heteroatoms. The fourth-order valence-corrected chi connectivity index (χ4v) is 1.05. The molecule has 0 bridgehead atoms. The zero-order valence-electron chi connectivity index (χ0n) is 7.65. The molecule has 0 saturated heterocycles. The number of benzene rings is 1. The second-order valence-electron chi connectivity index (χ2n) is 2.56. The van der Waals surface area contributed by atoms with Crippen molar-refractivity contribution < 1.29 is 9.63 Å². The van der Waals surface area contributed by atoms with Crippen molar-refractivity contribution in [2.45, 2.75) is 0 Å². The number of anilines is 1. The van der Waals surface area contributed by atoms with Gasteiger partial charge in [-0.05, 0) is 12.1 Å². The molecule has 0 aromatic heterocycles. The van der Waals surface area contributed by atoms with Crippen molar-refractivity contribution in [3.8, 4) is 0 Å². The van der Waals surface area contributed by atoms with Crippen LogP contribution >= 0.6 is 0 Å². The number of nitrogens with zero attached hydrogens (tertiary/aromatic N) is 1.